The van der Waals surface area contributed by atoms with Crippen molar-refractivity contribution in [3.05, 3.63) is 47.5 Å². The van der Waals surface area contributed by atoms with Crippen molar-refractivity contribution in [2.45, 2.75) is 12.6 Å². The molecule has 2 aromatic carbocycles. The molecule has 11 heteroatoms. The van der Waals surface area contributed by atoms with Gasteiger partial charge in [-0.05, 0) is 55.4 Å². The highest BCUT2D eigenvalue weighted by molar-refractivity contribution is 6.31. The number of anilines is 1. The van der Waals surface area contributed by atoms with Crippen molar-refractivity contribution in [1.82, 2.24) is 15.3 Å². The number of carbonyl (C=O) groups excluding carboxylic acids is 1. The van der Waals surface area contributed by atoms with E-state index in [4.69, 9.17) is 21.5 Å². The predicted octanol–water partition coefficient (Wildman–Crippen LogP) is 4.06. The molecule has 0 radical (unpaired) electrons. The Labute approximate surface area is 179 Å². The molecule has 0 saturated carbocycles. The number of fused-ring (bicyclic) bond motifs is 1. The second kappa shape index (κ2) is 9.36. The summed E-state index contributed by atoms with van der Waals surface area (Å²) < 4.78 is 31.7. The molecule has 1 saturated heterocycles. The minimum Gasteiger partial charge on any atom is -0.475 e. The average Bonchev–Trinajstić information content (AvgIpc) is 3.38. The summed E-state index contributed by atoms with van der Waals surface area (Å²) in [5, 5.41) is 14.0. The minimum atomic E-state index is -5.08. The quantitative estimate of drug-likeness (QED) is 0.477. The Bertz CT molecular complexity index is 1080. The van der Waals surface area contributed by atoms with E-state index >= 15 is 0 Å². The molecule has 0 spiro atoms. The lowest BCUT2D eigenvalue weighted by Gasteiger charge is -2.10. The molecule has 0 aliphatic carbocycles. The van der Waals surface area contributed by atoms with Gasteiger partial charge in [0.2, 0.25) is 5.91 Å². The van der Waals surface area contributed by atoms with Gasteiger partial charge < -0.3 is 20.7 Å². The molecule has 31 heavy (non-hydrogen) atoms. The summed E-state index contributed by atoms with van der Waals surface area (Å²) >= 11 is 6.00. The maximum atomic E-state index is 12.1. The molecule has 0 unspecified atom stereocenters. The number of H-pyrrole nitrogens is 1. The number of carbonyl (C=O) groups is 2. The molecular weight excluding hydrogens is 437 g/mol. The number of nitrogens with zero attached hydrogens (tertiary/aromatic N) is 1. The largest absolute Gasteiger partial charge is 0.490 e. The minimum absolute atomic E-state index is 0.0600. The first-order valence-corrected chi connectivity index (χ1v) is 9.58. The summed E-state index contributed by atoms with van der Waals surface area (Å²) in [6, 6.07) is 13.3. The molecule has 3 aromatic rings. The molecule has 1 aliphatic heterocycles. The maximum Gasteiger partial charge on any atom is 0.490 e. The maximum absolute atomic E-state index is 12.1. The number of halogens is 4. The first-order valence-electron chi connectivity index (χ1n) is 9.21. The summed E-state index contributed by atoms with van der Waals surface area (Å²) in [6.45, 7) is 1.67. The summed E-state index contributed by atoms with van der Waals surface area (Å²) in [7, 11) is 0. The van der Waals surface area contributed by atoms with Crippen molar-refractivity contribution in [3.8, 4) is 11.4 Å². The Hall–Kier alpha value is -3.11. The zero-order valence-corrected chi connectivity index (χ0v) is 16.7. The Morgan fingerprint density at radius 3 is 2.42 bits per heavy atom. The van der Waals surface area contributed by atoms with Crippen LogP contribution in [0.3, 0.4) is 0 Å². The monoisotopic (exact) mass is 454 g/mol. The van der Waals surface area contributed by atoms with Crippen LogP contribution >= 0.6 is 11.6 Å². The molecule has 4 N–H and O–H groups in total. The van der Waals surface area contributed by atoms with E-state index in [9.17, 15) is 18.0 Å². The van der Waals surface area contributed by atoms with E-state index in [0.29, 0.717) is 5.02 Å². The van der Waals surface area contributed by atoms with Crippen LogP contribution < -0.4 is 10.6 Å². The van der Waals surface area contributed by atoms with Crippen molar-refractivity contribution in [2.24, 2.45) is 5.92 Å². The fourth-order valence-corrected chi connectivity index (χ4v) is 3.12. The van der Waals surface area contributed by atoms with Gasteiger partial charge in [-0.2, -0.15) is 13.2 Å². The van der Waals surface area contributed by atoms with E-state index in [-0.39, 0.29) is 11.8 Å². The van der Waals surface area contributed by atoms with Crippen molar-refractivity contribution >= 4 is 40.2 Å². The van der Waals surface area contributed by atoms with Gasteiger partial charge in [0.05, 0.1) is 17.0 Å². The Kier molecular flexibility index (Phi) is 6.81. The van der Waals surface area contributed by atoms with Gasteiger partial charge in [-0.15, -0.1) is 0 Å². The SMILES string of the molecule is O=C(Nc1ccc(-c2nc3ccc(Cl)cc3[nH]2)cc1)[C@H]1CCNC1.O=C(O)C(F)(F)F. The van der Waals surface area contributed by atoms with Crippen molar-refractivity contribution < 1.29 is 27.9 Å². The highest BCUT2D eigenvalue weighted by Gasteiger charge is 2.38. The van der Waals surface area contributed by atoms with Crippen LogP contribution in [0.25, 0.3) is 22.4 Å². The molecule has 1 atom stereocenters. The number of carboxylic acids is 1. The molecule has 1 aromatic heterocycles. The van der Waals surface area contributed by atoms with Crippen LogP contribution in [0, 0.1) is 5.92 Å². The number of aromatic nitrogens is 2. The fourth-order valence-electron chi connectivity index (χ4n) is 2.95. The molecule has 4 rings (SSSR count). The van der Waals surface area contributed by atoms with E-state index in [0.717, 1.165) is 47.6 Å². The van der Waals surface area contributed by atoms with Crippen LogP contribution in [0.2, 0.25) is 5.02 Å². The second-order valence-electron chi connectivity index (χ2n) is 6.81. The standard InChI is InChI=1S/C18H17ClN4O.C2HF3O2/c19-13-3-6-15-16(9-13)23-17(22-15)11-1-4-14(5-2-11)21-18(24)12-7-8-20-10-12;3-2(4,5)1(6)7/h1-6,9,12,20H,7-8,10H2,(H,21,24)(H,22,23);(H,6,7)/t12-;/m0./s1. The van der Waals surface area contributed by atoms with Crippen LogP contribution in [0.1, 0.15) is 6.42 Å². The number of aromatic amines is 1. The number of hydrogen-bond donors (Lipinski definition) is 4. The Morgan fingerprint density at radius 1 is 1.16 bits per heavy atom. The number of carboxylic acid groups (broad SMARTS) is 1. The van der Waals surface area contributed by atoms with Crippen molar-refractivity contribution in [2.75, 3.05) is 18.4 Å². The highest BCUT2D eigenvalue weighted by Crippen LogP contribution is 2.24. The first-order chi connectivity index (χ1) is 14.6. The number of amides is 1. The summed E-state index contributed by atoms with van der Waals surface area (Å²) in [5.41, 5.74) is 3.54. The molecule has 7 nitrogen and oxygen atoms in total. The molecule has 0 bridgehead atoms. The van der Waals surface area contributed by atoms with Gasteiger partial charge in [-0.1, -0.05) is 11.6 Å². The summed E-state index contributed by atoms with van der Waals surface area (Å²) in [6.07, 6.45) is -4.19. The highest BCUT2D eigenvalue weighted by atomic mass is 35.5. The number of benzene rings is 2. The van der Waals surface area contributed by atoms with Crippen LogP contribution in [0.4, 0.5) is 18.9 Å². The third kappa shape index (κ3) is 5.96. The smallest absolute Gasteiger partial charge is 0.475 e. The zero-order chi connectivity index (χ0) is 22.6. The van der Waals surface area contributed by atoms with Gasteiger partial charge in [0, 0.05) is 22.8 Å². The van der Waals surface area contributed by atoms with Gasteiger partial charge in [-0.3, -0.25) is 4.79 Å². The lowest BCUT2D eigenvalue weighted by atomic mass is 10.1. The molecule has 1 aliphatic rings. The molecule has 1 fully saturated rings. The van der Waals surface area contributed by atoms with Gasteiger partial charge in [0.15, 0.2) is 0 Å². The van der Waals surface area contributed by atoms with Crippen LogP contribution in [0.15, 0.2) is 42.5 Å². The normalized spacial score (nSPS) is 15.9. The van der Waals surface area contributed by atoms with Crippen molar-refractivity contribution in [3.63, 3.8) is 0 Å². The molecular formula is C20H18ClF3N4O3. The topological polar surface area (TPSA) is 107 Å². The lowest BCUT2D eigenvalue weighted by molar-refractivity contribution is -0.192. The van der Waals surface area contributed by atoms with Gasteiger partial charge in [0.25, 0.3) is 0 Å². The van der Waals surface area contributed by atoms with E-state index in [1.165, 1.54) is 0 Å². The third-order valence-electron chi connectivity index (χ3n) is 4.54. The molecule has 164 valence electrons. The number of alkyl halides is 3. The second-order valence-corrected chi connectivity index (χ2v) is 7.24. The zero-order valence-electron chi connectivity index (χ0n) is 16.0. The third-order valence-corrected chi connectivity index (χ3v) is 4.78. The van der Waals surface area contributed by atoms with Gasteiger partial charge in [-0.25, -0.2) is 9.78 Å². The Morgan fingerprint density at radius 2 is 1.84 bits per heavy atom. The van der Waals surface area contributed by atoms with Crippen LogP contribution in [0.5, 0.6) is 0 Å². The van der Waals surface area contributed by atoms with E-state index in [2.05, 4.69) is 20.6 Å². The van der Waals surface area contributed by atoms with Gasteiger partial charge in [0.1, 0.15) is 5.82 Å². The van der Waals surface area contributed by atoms with E-state index in [1.54, 1.807) is 0 Å². The van der Waals surface area contributed by atoms with E-state index in [1.807, 2.05) is 42.5 Å². The number of hydrogen-bond acceptors (Lipinski definition) is 4. The average molecular weight is 455 g/mol. The summed E-state index contributed by atoms with van der Waals surface area (Å²) in [4.78, 5) is 28.9. The van der Waals surface area contributed by atoms with Gasteiger partial charge >= 0.3 is 12.1 Å². The molecule has 2 heterocycles. The Balaban J connectivity index is 0.000000339. The van der Waals surface area contributed by atoms with Crippen LogP contribution in [-0.2, 0) is 9.59 Å². The lowest BCUT2D eigenvalue weighted by Crippen LogP contribution is -2.24. The first kappa shape index (κ1) is 22.6. The number of nitrogens with one attached hydrogen (secondary N) is 3. The van der Waals surface area contributed by atoms with E-state index < -0.39 is 12.1 Å². The summed E-state index contributed by atoms with van der Waals surface area (Å²) in [5.74, 6) is -1.84. The van der Waals surface area contributed by atoms with Crippen molar-refractivity contribution in [1.29, 1.82) is 0 Å². The molecule has 1 amide bonds. The predicted molar refractivity (Wildman–Crippen MR) is 110 cm³/mol. The fraction of sp³-hybridized carbons (Fsp3) is 0.250. The number of imidazole rings is 1. The number of aliphatic carboxylic acids is 1. The number of rotatable bonds is 3. The van der Waals surface area contributed by atoms with Crippen LogP contribution in [-0.4, -0.2) is 46.2 Å².